The predicted molar refractivity (Wildman–Crippen MR) is 83.7 cm³/mol. The molecular formula is C15H17BrClFN2. The van der Waals surface area contributed by atoms with Gasteiger partial charge in [0.1, 0.15) is 11.6 Å². The van der Waals surface area contributed by atoms with Crippen molar-refractivity contribution in [3.05, 3.63) is 28.2 Å². The maximum absolute atomic E-state index is 13.9. The molecule has 1 fully saturated rings. The number of hydrogen-bond acceptors (Lipinski definition) is 1. The molecule has 0 N–H and O–H groups in total. The zero-order valence-corrected chi connectivity index (χ0v) is 13.8. The van der Waals surface area contributed by atoms with Crippen molar-refractivity contribution in [3.8, 4) is 0 Å². The molecule has 0 spiro atoms. The second-order valence-corrected chi connectivity index (χ2v) is 6.93. The molecule has 0 radical (unpaired) electrons. The highest BCUT2D eigenvalue weighted by Gasteiger charge is 2.32. The van der Waals surface area contributed by atoms with Crippen molar-refractivity contribution in [2.75, 3.05) is 0 Å². The van der Waals surface area contributed by atoms with Crippen LogP contribution >= 0.6 is 27.5 Å². The highest BCUT2D eigenvalue weighted by atomic mass is 79.9. The van der Waals surface area contributed by atoms with E-state index in [0.717, 1.165) is 29.7 Å². The van der Waals surface area contributed by atoms with Gasteiger partial charge in [-0.15, -0.1) is 11.6 Å². The van der Waals surface area contributed by atoms with Crippen LogP contribution in [0.2, 0.25) is 0 Å². The summed E-state index contributed by atoms with van der Waals surface area (Å²) in [6.07, 6.45) is 5.88. The molecule has 0 bridgehead atoms. The molecule has 20 heavy (non-hydrogen) atoms. The molecule has 1 heterocycles. The molecule has 0 unspecified atom stereocenters. The lowest BCUT2D eigenvalue weighted by Crippen LogP contribution is -2.33. The van der Waals surface area contributed by atoms with Gasteiger partial charge in [-0.3, -0.25) is 0 Å². The Kier molecular flexibility index (Phi) is 3.80. The highest BCUT2D eigenvalue weighted by molar-refractivity contribution is 9.10. The third kappa shape index (κ3) is 2.27. The highest BCUT2D eigenvalue weighted by Crippen LogP contribution is 2.39. The fourth-order valence-corrected chi connectivity index (χ4v) is 3.86. The largest absolute Gasteiger partial charge is 0.321 e. The first kappa shape index (κ1) is 14.3. The topological polar surface area (TPSA) is 17.8 Å². The Morgan fingerprint density at radius 2 is 2.05 bits per heavy atom. The fraction of sp³-hybridized carbons (Fsp3) is 0.533. The van der Waals surface area contributed by atoms with Crippen LogP contribution in [0.15, 0.2) is 16.6 Å². The normalized spacial score (nSPS) is 18.6. The molecule has 1 aliphatic rings. The molecule has 2 aromatic rings. The molecule has 2 nitrogen and oxygen atoms in total. The lowest BCUT2D eigenvalue weighted by atomic mass is 9.83. The van der Waals surface area contributed by atoms with Gasteiger partial charge >= 0.3 is 0 Å². The zero-order chi connectivity index (χ0) is 14.3. The smallest absolute Gasteiger partial charge is 0.139 e. The van der Waals surface area contributed by atoms with E-state index in [1.807, 2.05) is 0 Å². The molecule has 0 amide bonds. The molecule has 3 rings (SSSR count). The average Bonchev–Trinajstić information content (AvgIpc) is 2.78. The summed E-state index contributed by atoms with van der Waals surface area (Å²) in [5.74, 6) is 0.937. The van der Waals surface area contributed by atoms with Crippen LogP contribution in [0.4, 0.5) is 4.39 Å². The van der Waals surface area contributed by atoms with Gasteiger partial charge in [0, 0.05) is 11.6 Å². The van der Waals surface area contributed by atoms with E-state index >= 15 is 0 Å². The lowest BCUT2D eigenvalue weighted by molar-refractivity contribution is 0.220. The van der Waals surface area contributed by atoms with Gasteiger partial charge in [-0.1, -0.05) is 19.3 Å². The molecule has 1 saturated carbocycles. The number of hydrogen-bond donors (Lipinski definition) is 0. The van der Waals surface area contributed by atoms with Crippen molar-refractivity contribution in [1.82, 2.24) is 9.55 Å². The molecule has 1 aromatic heterocycles. The summed E-state index contributed by atoms with van der Waals surface area (Å²) in [5, 5.41) is 0. The minimum atomic E-state index is -0.251. The van der Waals surface area contributed by atoms with E-state index in [-0.39, 0.29) is 11.4 Å². The van der Waals surface area contributed by atoms with Crippen molar-refractivity contribution in [2.45, 2.75) is 50.4 Å². The SMILES string of the molecule is CC1(n2c(CCl)nc3cc(Br)c(F)cc32)CCCCC1. The number of benzene rings is 1. The first-order chi connectivity index (χ1) is 9.55. The number of alkyl halides is 1. The molecule has 0 saturated heterocycles. The van der Waals surface area contributed by atoms with Crippen molar-refractivity contribution in [3.63, 3.8) is 0 Å². The Balaban J connectivity index is 2.24. The summed E-state index contributed by atoms with van der Waals surface area (Å²) in [7, 11) is 0. The number of nitrogens with zero attached hydrogens (tertiary/aromatic N) is 2. The van der Waals surface area contributed by atoms with Crippen molar-refractivity contribution in [1.29, 1.82) is 0 Å². The van der Waals surface area contributed by atoms with Crippen molar-refractivity contribution < 1.29 is 4.39 Å². The first-order valence-corrected chi connectivity index (χ1v) is 8.31. The standard InChI is InChI=1S/C15H17BrClFN2/c1-15(5-3-2-4-6-15)20-13-8-11(18)10(16)7-12(13)19-14(20)9-17/h7-8H,2-6,9H2,1H3. The average molecular weight is 360 g/mol. The molecule has 0 atom stereocenters. The van der Waals surface area contributed by atoms with Gasteiger partial charge in [-0.2, -0.15) is 0 Å². The van der Waals surface area contributed by atoms with Crippen molar-refractivity contribution in [2.24, 2.45) is 0 Å². The summed E-state index contributed by atoms with van der Waals surface area (Å²) < 4.78 is 16.5. The molecular weight excluding hydrogens is 343 g/mol. The Morgan fingerprint density at radius 1 is 1.35 bits per heavy atom. The van der Waals surface area contributed by atoms with E-state index in [0.29, 0.717) is 10.4 Å². The third-order valence-electron chi connectivity index (χ3n) is 4.36. The third-order valence-corrected chi connectivity index (χ3v) is 5.20. The Hall–Kier alpha value is -0.610. The van der Waals surface area contributed by atoms with Gasteiger partial charge in [0.2, 0.25) is 0 Å². The molecule has 5 heteroatoms. The molecule has 108 valence electrons. The van der Waals surface area contributed by atoms with E-state index in [9.17, 15) is 4.39 Å². The zero-order valence-electron chi connectivity index (χ0n) is 11.4. The second-order valence-electron chi connectivity index (χ2n) is 5.81. The summed E-state index contributed by atoms with van der Waals surface area (Å²) in [4.78, 5) is 4.59. The fourth-order valence-electron chi connectivity index (χ4n) is 3.35. The van der Waals surface area contributed by atoms with Crippen LogP contribution in [0.1, 0.15) is 44.9 Å². The lowest BCUT2D eigenvalue weighted by Gasteiger charge is -2.36. The maximum atomic E-state index is 13.9. The van der Waals surface area contributed by atoms with E-state index in [1.54, 1.807) is 12.1 Å². The van der Waals surface area contributed by atoms with Crippen LogP contribution in [-0.2, 0) is 11.4 Å². The number of imidazole rings is 1. The van der Waals surface area contributed by atoms with E-state index in [1.165, 1.54) is 19.3 Å². The number of halogens is 3. The molecule has 1 aliphatic carbocycles. The van der Waals surface area contributed by atoms with Crippen LogP contribution in [0, 0.1) is 5.82 Å². The first-order valence-electron chi connectivity index (χ1n) is 6.98. The van der Waals surface area contributed by atoms with Crippen LogP contribution in [0.3, 0.4) is 0 Å². The van der Waals surface area contributed by atoms with Crippen LogP contribution in [-0.4, -0.2) is 9.55 Å². The Morgan fingerprint density at radius 3 is 2.70 bits per heavy atom. The number of rotatable bonds is 2. The maximum Gasteiger partial charge on any atom is 0.139 e. The van der Waals surface area contributed by atoms with Gasteiger partial charge in [-0.05, 0) is 41.8 Å². The summed E-state index contributed by atoms with van der Waals surface area (Å²) >= 11 is 9.30. The Bertz CT molecular complexity index is 647. The van der Waals surface area contributed by atoms with Gasteiger partial charge in [0.25, 0.3) is 0 Å². The van der Waals surface area contributed by atoms with Crippen LogP contribution in [0.25, 0.3) is 11.0 Å². The second kappa shape index (κ2) is 5.30. The molecule has 1 aromatic carbocycles. The summed E-state index contributed by atoms with van der Waals surface area (Å²) in [6, 6.07) is 3.31. The summed E-state index contributed by atoms with van der Waals surface area (Å²) in [6.45, 7) is 2.24. The summed E-state index contributed by atoms with van der Waals surface area (Å²) in [5.41, 5.74) is 1.66. The van der Waals surface area contributed by atoms with E-state index in [4.69, 9.17) is 11.6 Å². The van der Waals surface area contributed by atoms with Gasteiger partial charge < -0.3 is 4.57 Å². The number of fused-ring (bicyclic) bond motifs is 1. The van der Waals surface area contributed by atoms with Gasteiger partial charge in [-0.25, -0.2) is 9.37 Å². The minimum absolute atomic E-state index is 0.00249. The predicted octanol–water partition coefficient (Wildman–Crippen LogP) is 5.36. The molecule has 0 aliphatic heterocycles. The number of aromatic nitrogens is 2. The monoisotopic (exact) mass is 358 g/mol. The van der Waals surface area contributed by atoms with Crippen LogP contribution < -0.4 is 0 Å². The quantitative estimate of drug-likeness (QED) is 0.660. The van der Waals surface area contributed by atoms with Gasteiger partial charge in [0.15, 0.2) is 0 Å². The minimum Gasteiger partial charge on any atom is -0.321 e. The van der Waals surface area contributed by atoms with E-state index in [2.05, 4.69) is 32.4 Å². The van der Waals surface area contributed by atoms with E-state index < -0.39 is 0 Å². The van der Waals surface area contributed by atoms with Gasteiger partial charge in [0.05, 0.1) is 21.4 Å². The van der Waals surface area contributed by atoms with Crippen LogP contribution in [0.5, 0.6) is 0 Å². The Labute approximate surface area is 131 Å². The van der Waals surface area contributed by atoms with Crippen molar-refractivity contribution >= 4 is 38.6 Å².